The number of hydrogen-bond acceptors (Lipinski definition) is 8. The molecule has 0 bridgehead atoms. The number of piperazine rings is 1. The molecule has 4 heterocycles. The van der Waals surface area contributed by atoms with Crippen LogP contribution in [-0.2, 0) is 27.2 Å². The smallest absolute Gasteiger partial charge is 0.302 e. The molecule has 2 fully saturated rings. The number of aryl methyl sites for hydroxylation is 1. The maximum absolute atomic E-state index is 11.8. The summed E-state index contributed by atoms with van der Waals surface area (Å²) < 4.78 is 13.9. The highest BCUT2D eigenvalue weighted by Gasteiger charge is 2.33. The Morgan fingerprint density at radius 2 is 1.91 bits per heavy atom. The van der Waals surface area contributed by atoms with E-state index in [9.17, 15) is 4.79 Å². The van der Waals surface area contributed by atoms with E-state index in [2.05, 4.69) is 76.7 Å². The van der Waals surface area contributed by atoms with Gasteiger partial charge in [-0.3, -0.25) is 14.7 Å². The number of pyridine rings is 1. The van der Waals surface area contributed by atoms with E-state index in [1.165, 1.54) is 41.9 Å². The Morgan fingerprint density at radius 3 is 2.55 bits per heavy atom. The summed E-state index contributed by atoms with van der Waals surface area (Å²) in [6.07, 6.45) is 5.27. The van der Waals surface area contributed by atoms with Crippen molar-refractivity contribution in [3.05, 3.63) is 52.6 Å². The third-order valence-electron chi connectivity index (χ3n) is 9.17. The highest BCUT2D eigenvalue weighted by Crippen LogP contribution is 2.43. The van der Waals surface area contributed by atoms with Crippen LogP contribution in [0.25, 0.3) is 33.4 Å². The lowest BCUT2D eigenvalue weighted by Gasteiger charge is -2.36. The van der Waals surface area contributed by atoms with Crippen LogP contribution in [0.3, 0.4) is 0 Å². The van der Waals surface area contributed by atoms with Crippen molar-refractivity contribution in [2.45, 2.75) is 72.6 Å². The van der Waals surface area contributed by atoms with Gasteiger partial charge in [-0.05, 0) is 56.9 Å². The number of hydrogen-bond donors (Lipinski definition) is 0. The zero-order chi connectivity index (χ0) is 31.0. The standard InChI is InChI=1S/C35H45N5O3S/c1-7-40-32-11-8-25(31-20-44-22-37-31)16-28(32)30(18-35(4,5)21-43-24(3)41)34(40)29-17-27(19-36-33(29)23(2)42-6)39-14-12-38(13-15-39)26-9-10-26/h8,11,16-17,19-20,22-23,26H,7,9-10,12-15,18,21H2,1-6H3. The first-order valence-electron chi connectivity index (χ1n) is 15.9. The van der Waals surface area contributed by atoms with Crippen molar-refractivity contribution in [1.82, 2.24) is 19.4 Å². The molecule has 1 aromatic carbocycles. The fraction of sp³-hybridized carbons (Fsp3) is 0.514. The number of ether oxygens (including phenoxy) is 2. The predicted octanol–water partition coefficient (Wildman–Crippen LogP) is 6.97. The quantitative estimate of drug-likeness (QED) is 0.169. The summed E-state index contributed by atoms with van der Waals surface area (Å²) in [6, 6.07) is 9.82. The van der Waals surface area contributed by atoms with Crippen LogP contribution in [0.1, 0.15) is 64.8 Å². The lowest BCUT2D eigenvalue weighted by atomic mass is 9.84. The molecule has 0 amide bonds. The van der Waals surface area contributed by atoms with Gasteiger partial charge in [0, 0.05) is 85.6 Å². The molecule has 2 aliphatic rings. The molecule has 3 aromatic heterocycles. The van der Waals surface area contributed by atoms with E-state index >= 15 is 0 Å². The van der Waals surface area contributed by atoms with Crippen molar-refractivity contribution >= 4 is 33.9 Å². The highest BCUT2D eigenvalue weighted by atomic mass is 32.1. The van der Waals surface area contributed by atoms with E-state index in [1.807, 2.05) is 11.7 Å². The molecule has 8 nitrogen and oxygen atoms in total. The number of nitrogens with zero attached hydrogens (tertiary/aromatic N) is 5. The summed E-state index contributed by atoms with van der Waals surface area (Å²) in [5, 5.41) is 3.29. The molecule has 1 aliphatic heterocycles. The number of rotatable bonds is 11. The fourth-order valence-corrected chi connectivity index (χ4v) is 7.19. The minimum absolute atomic E-state index is 0.179. The van der Waals surface area contributed by atoms with Gasteiger partial charge in [0.05, 0.1) is 47.2 Å². The number of thiazole rings is 1. The molecule has 0 radical (unpaired) electrons. The Balaban J connectivity index is 1.52. The summed E-state index contributed by atoms with van der Waals surface area (Å²) in [6.45, 7) is 15.5. The Labute approximate surface area is 265 Å². The van der Waals surface area contributed by atoms with Gasteiger partial charge in [-0.15, -0.1) is 11.3 Å². The topological polar surface area (TPSA) is 72.7 Å². The predicted molar refractivity (Wildman–Crippen MR) is 178 cm³/mol. The lowest BCUT2D eigenvalue weighted by molar-refractivity contribution is -0.143. The van der Waals surface area contributed by atoms with Gasteiger partial charge < -0.3 is 18.9 Å². The Hall–Kier alpha value is -3.27. The third-order valence-corrected chi connectivity index (χ3v) is 9.76. The molecule has 1 atom stereocenters. The maximum Gasteiger partial charge on any atom is 0.302 e. The number of benzene rings is 1. The summed E-state index contributed by atoms with van der Waals surface area (Å²) in [5.74, 6) is -0.255. The van der Waals surface area contributed by atoms with Crippen LogP contribution < -0.4 is 4.90 Å². The molecule has 1 saturated carbocycles. The highest BCUT2D eigenvalue weighted by molar-refractivity contribution is 7.07. The van der Waals surface area contributed by atoms with Gasteiger partial charge >= 0.3 is 5.97 Å². The number of fused-ring (bicyclic) bond motifs is 1. The minimum atomic E-state index is -0.291. The maximum atomic E-state index is 11.8. The lowest BCUT2D eigenvalue weighted by Crippen LogP contribution is -2.47. The fourth-order valence-electron chi connectivity index (χ4n) is 6.63. The van der Waals surface area contributed by atoms with Gasteiger partial charge in [0.15, 0.2) is 0 Å². The van der Waals surface area contributed by atoms with Gasteiger partial charge in [0.2, 0.25) is 0 Å². The normalized spacial score (nSPS) is 16.9. The number of carbonyl (C=O) groups excluding carboxylic acids is 1. The Morgan fingerprint density at radius 1 is 1.14 bits per heavy atom. The number of methoxy groups -OCH3 is 1. The number of carbonyl (C=O) groups is 1. The monoisotopic (exact) mass is 615 g/mol. The van der Waals surface area contributed by atoms with Crippen molar-refractivity contribution < 1.29 is 14.3 Å². The van der Waals surface area contributed by atoms with Gasteiger partial charge in [0.1, 0.15) is 0 Å². The van der Waals surface area contributed by atoms with Crippen molar-refractivity contribution in [2.75, 3.05) is 44.8 Å². The molecule has 0 N–H and O–H groups in total. The van der Waals surface area contributed by atoms with E-state index in [0.29, 0.717) is 6.61 Å². The van der Waals surface area contributed by atoms with Gasteiger partial charge in [-0.25, -0.2) is 4.98 Å². The molecular weight excluding hydrogens is 570 g/mol. The molecule has 9 heteroatoms. The largest absolute Gasteiger partial charge is 0.465 e. The SMILES string of the molecule is CCn1c(-c2cc(N3CCN(C4CC4)CC3)cnc2C(C)OC)c(CC(C)(C)COC(C)=O)c2cc(-c3cscn3)ccc21. The Kier molecular flexibility index (Phi) is 8.81. The first kappa shape index (κ1) is 30.7. The second kappa shape index (κ2) is 12.6. The molecule has 6 rings (SSSR count). The summed E-state index contributed by atoms with van der Waals surface area (Å²) in [5.41, 5.74) is 10.4. The van der Waals surface area contributed by atoms with Crippen LogP contribution >= 0.6 is 11.3 Å². The molecule has 0 spiro atoms. The molecule has 1 unspecified atom stereocenters. The van der Waals surface area contributed by atoms with Crippen LogP contribution in [0, 0.1) is 5.41 Å². The summed E-state index contributed by atoms with van der Waals surface area (Å²) in [4.78, 5) is 26.6. The molecule has 1 saturated heterocycles. The van der Waals surface area contributed by atoms with Crippen molar-refractivity contribution in [1.29, 1.82) is 0 Å². The van der Waals surface area contributed by atoms with Gasteiger partial charge in [0.25, 0.3) is 0 Å². The van der Waals surface area contributed by atoms with Crippen molar-refractivity contribution in [3.63, 3.8) is 0 Å². The van der Waals surface area contributed by atoms with E-state index in [0.717, 1.165) is 73.4 Å². The third kappa shape index (κ3) is 6.28. The minimum Gasteiger partial charge on any atom is -0.465 e. The van der Waals surface area contributed by atoms with Crippen LogP contribution in [0.5, 0.6) is 0 Å². The summed E-state index contributed by atoms with van der Waals surface area (Å²) >= 11 is 1.61. The summed E-state index contributed by atoms with van der Waals surface area (Å²) in [7, 11) is 1.75. The average molecular weight is 616 g/mol. The van der Waals surface area contributed by atoms with E-state index in [4.69, 9.17) is 14.5 Å². The molecular formula is C35H45N5O3S. The number of aromatic nitrogens is 3. The molecule has 44 heavy (non-hydrogen) atoms. The van der Waals surface area contributed by atoms with Crippen LogP contribution in [0.2, 0.25) is 0 Å². The van der Waals surface area contributed by atoms with Crippen molar-refractivity contribution in [3.8, 4) is 22.5 Å². The average Bonchev–Trinajstić information content (AvgIpc) is 3.65. The molecule has 4 aromatic rings. The zero-order valence-electron chi connectivity index (χ0n) is 26.9. The van der Waals surface area contributed by atoms with Gasteiger partial charge in [-0.2, -0.15) is 0 Å². The number of anilines is 1. The second-order valence-electron chi connectivity index (χ2n) is 13.1. The van der Waals surface area contributed by atoms with E-state index in [-0.39, 0.29) is 17.5 Å². The van der Waals surface area contributed by atoms with E-state index < -0.39 is 0 Å². The van der Waals surface area contributed by atoms with Crippen LogP contribution in [-0.4, -0.2) is 71.3 Å². The Bertz CT molecular complexity index is 1620. The second-order valence-corrected chi connectivity index (χ2v) is 13.8. The molecule has 234 valence electrons. The first-order valence-corrected chi connectivity index (χ1v) is 16.8. The van der Waals surface area contributed by atoms with Crippen LogP contribution in [0.15, 0.2) is 41.4 Å². The zero-order valence-corrected chi connectivity index (χ0v) is 27.7. The molecule has 1 aliphatic carbocycles. The number of esters is 1. The van der Waals surface area contributed by atoms with E-state index in [1.54, 1.807) is 18.4 Å². The van der Waals surface area contributed by atoms with Crippen LogP contribution in [0.4, 0.5) is 5.69 Å². The van der Waals surface area contributed by atoms with Gasteiger partial charge in [-0.1, -0.05) is 19.9 Å². The first-order chi connectivity index (χ1) is 21.2. The van der Waals surface area contributed by atoms with Crippen molar-refractivity contribution in [2.24, 2.45) is 5.41 Å².